The van der Waals surface area contributed by atoms with E-state index in [-0.39, 0.29) is 11.8 Å². The molecule has 2 N–H and O–H groups in total. The number of alkyl halides is 2. The standard InChI is InChI=1S/C14H20F2N4O/c1-19(2)7-8-20-12(9-18-14(20)17)10-3-5-11(6-4-10)21-13(15)16/h3-6,12-13H,7-9H2,1-2H3,(H2,17,18). The van der Waals surface area contributed by atoms with Crippen molar-refractivity contribution in [1.29, 1.82) is 0 Å². The molecule has 0 amide bonds. The van der Waals surface area contributed by atoms with E-state index in [9.17, 15) is 8.78 Å². The normalized spacial score (nSPS) is 18.5. The van der Waals surface area contributed by atoms with Crippen molar-refractivity contribution < 1.29 is 13.5 Å². The highest BCUT2D eigenvalue weighted by Gasteiger charge is 2.27. The largest absolute Gasteiger partial charge is 0.435 e. The summed E-state index contributed by atoms with van der Waals surface area (Å²) in [4.78, 5) is 8.38. The number of guanidine groups is 1. The highest BCUT2D eigenvalue weighted by atomic mass is 19.3. The molecule has 1 aromatic rings. The van der Waals surface area contributed by atoms with Gasteiger partial charge in [-0.3, -0.25) is 4.99 Å². The van der Waals surface area contributed by atoms with Crippen molar-refractivity contribution in [3.05, 3.63) is 29.8 Å². The zero-order valence-electron chi connectivity index (χ0n) is 12.2. The number of nitrogens with two attached hydrogens (primary N) is 1. The lowest BCUT2D eigenvalue weighted by Gasteiger charge is -2.28. The summed E-state index contributed by atoms with van der Waals surface area (Å²) in [5.74, 6) is 0.676. The Bertz CT molecular complexity index is 490. The molecule has 0 saturated carbocycles. The average molecular weight is 298 g/mol. The van der Waals surface area contributed by atoms with Crippen molar-refractivity contribution in [1.82, 2.24) is 9.80 Å². The second kappa shape index (κ2) is 6.71. The summed E-state index contributed by atoms with van der Waals surface area (Å²) in [6, 6.07) is 6.68. The molecule has 5 nitrogen and oxygen atoms in total. The Labute approximate surface area is 123 Å². The molecule has 1 aromatic carbocycles. The molecule has 21 heavy (non-hydrogen) atoms. The van der Waals surface area contributed by atoms with Gasteiger partial charge >= 0.3 is 6.61 Å². The number of likely N-dealkylation sites (N-methyl/N-ethyl adjacent to an activating group) is 1. The molecular formula is C14H20F2N4O. The number of hydrogen-bond acceptors (Lipinski definition) is 5. The predicted octanol–water partition coefficient (Wildman–Crippen LogP) is 1.52. The lowest BCUT2D eigenvalue weighted by Crippen LogP contribution is -2.40. The zero-order valence-corrected chi connectivity index (χ0v) is 12.2. The summed E-state index contributed by atoms with van der Waals surface area (Å²) in [7, 11) is 3.99. The number of benzene rings is 1. The Morgan fingerprint density at radius 3 is 2.62 bits per heavy atom. The van der Waals surface area contributed by atoms with Crippen LogP contribution in [0.5, 0.6) is 5.75 Å². The van der Waals surface area contributed by atoms with E-state index < -0.39 is 6.61 Å². The van der Waals surface area contributed by atoms with Crippen molar-refractivity contribution in [2.45, 2.75) is 12.7 Å². The number of ether oxygens (including phenoxy) is 1. The summed E-state index contributed by atoms with van der Waals surface area (Å²) in [6.07, 6.45) is 0. The molecule has 0 spiro atoms. The van der Waals surface area contributed by atoms with E-state index in [0.29, 0.717) is 12.5 Å². The lowest BCUT2D eigenvalue weighted by atomic mass is 10.1. The van der Waals surface area contributed by atoms with Gasteiger partial charge in [-0.25, -0.2) is 0 Å². The van der Waals surface area contributed by atoms with Crippen LogP contribution in [0.2, 0.25) is 0 Å². The molecule has 1 atom stereocenters. The van der Waals surface area contributed by atoms with Crippen molar-refractivity contribution in [3.63, 3.8) is 0 Å². The second-order valence-electron chi connectivity index (χ2n) is 5.16. The summed E-state index contributed by atoms with van der Waals surface area (Å²) in [6.45, 7) is -0.603. The van der Waals surface area contributed by atoms with E-state index >= 15 is 0 Å². The molecule has 0 radical (unpaired) electrons. The van der Waals surface area contributed by atoms with Gasteiger partial charge in [0.05, 0.1) is 12.6 Å². The van der Waals surface area contributed by atoms with Crippen LogP contribution in [-0.2, 0) is 0 Å². The minimum absolute atomic E-state index is 0.0468. The van der Waals surface area contributed by atoms with Gasteiger partial charge in [-0.05, 0) is 31.8 Å². The molecule has 0 saturated heterocycles. The molecule has 1 unspecified atom stereocenters. The third-order valence-electron chi connectivity index (χ3n) is 3.37. The molecule has 0 aliphatic carbocycles. The first kappa shape index (κ1) is 15.5. The summed E-state index contributed by atoms with van der Waals surface area (Å²) < 4.78 is 28.6. The zero-order chi connectivity index (χ0) is 15.4. The van der Waals surface area contributed by atoms with Gasteiger partial charge in [0.15, 0.2) is 5.96 Å². The number of aliphatic imine (C=N–C) groups is 1. The number of nitrogens with zero attached hydrogens (tertiary/aromatic N) is 3. The van der Waals surface area contributed by atoms with Crippen LogP contribution in [-0.4, -0.2) is 56.1 Å². The van der Waals surface area contributed by atoms with E-state index in [0.717, 1.165) is 18.7 Å². The SMILES string of the molecule is CN(C)CCN1C(N)=NCC1c1ccc(OC(F)F)cc1. The van der Waals surface area contributed by atoms with Gasteiger partial charge in [0.25, 0.3) is 0 Å². The van der Waals surface area contributed by atoms with Crippen molar-refractivity contribution >= 4 is 5.96 Å². The maximum atomic E-state index is 12.1. The first-order valence-corrected chi connectivity index (χ1v) is 6.73. The Morgan fingerprint density at radius 1 is 1.38 bits per heavy atom. The first-order chi connectivity index (χ1) is 9.97. The number of hydrogen-bond donors (Lipinski definition) is 1. The Morgan fingerprint density at radius 2 is 2.05 bits per heavy atom. The van der Waals surface area contributed by atoms with Gasteiger partial charge in [-0.15, -0.1) is 0 Å². The van der Waals surface area contributed by atoms with Crippen molar-refractivity contribution in [2.24, 2.45) is 10.7 Å². The lowest BCUT2D eigenvalue weighted by molar-refractivity contribution is -0.0498. The fourth-order valence-electron chi connectivity index (χ4n) is 2.26. The van der Waals surface area contributed by atoms with E-state index in [4.69, 9.17) is 5.73 Å². The molecule has 116 valence electrons. The van der Waals surface area contributed by atoms with Crippen LogP contribution in [0.25, 0.3) is 0 Å². The van der Waals surface area contributed by atoms with E-state index in [1.807, 2.05) is 19.0 Å². The van der Waals surface area contributed by atoms with Gasteiger partial charge in [0.2, 0.25) is 0 Å². The quantitative estimate of drug-likeness (QED) is 0.865. The Hall–Kier alpha value is -1.89. The third-order valence-corrected chi connectivity index (χ3v) is 3.37. The van der Waals surface area contributed by atoms with E-state index in [2.05, 4.69) is 14.6 Å². The highest BCUT2D eigenvalue weighted by Crippen LogP contribution is 2.27. The van der Waals surface area contributed by atoms with Gasteiger partial charge in [0.1, 0.15) is 5.75 Å². The van der Waals surface area contributed by atoms with Gasteiger partial charge < -0.3 is 20.3 Å². The van der Waals surface area contributed by atoms with Crippen LogP contribution in [0.4, 0.5) is 8.78 Å². The van der Waals surface area contributed by atoms with Crippen LogP contribution in [0.1, 0.15) is 11.6 Å². The molecule has 1 aliphatic rings. The fourth-order valence-corrected chi connectivity index (χ4v) is 2.26. The number of halogens is 2. The maximum Gasteiger partial charge on any atom is 0.387 e. The fraction of sp³-hybridized carbons (Fsp3) is 0.500. The van der Waals surface area contributed by atoms with E-state index in [1.54, 1.807) is 24.3 Å². The van der Waals surface area contributed by atoms with Crippen molar-refractivity contribution in [2.75, 3.05) is 33.7 Å². The molecule has 2 rings (SSSR count). The van der Waals surface area contributed by atoms with Crippen LogP contribution in [0.15, 0.2) is 29.3 Å². The molecule has 0 bridgehead atoms. The van der Waals surface area contributed by atoms with Gasteiger partial charge in [-0.2, -0.15) is 8.78 Å². The second-order valence-corrected chi connectivity index (χ2v) is 5.16. The predicted molar refractivity (Wildman–Crippen MR) is 77.6 cm³/mol. The van der Waals surface area contributed by atoms with Crippen LogP contribution < -0.4 is 10.5 Å². The molecule has 0 fully saturated rings. The summed E-state index contributed by atoms with van der Waals surface area (Å²) in [5, 5.41) is 0. The number of rotatable bonds is 6. The van der Waals surface area contributed by atoms with Crippen LogP contribution in [0, 0.1) is 0 Å². The van der Waals surface area contributed by atoms with Crippen LogP contribution >= 0.6 is 0 Å². The van der Waals surface area contributed by atoms with Crippen LogP contribution in [0.3, 0.4) is 0 Å². The average Bonchev–Trinajstić information content (AvgIpc) is 2.78. The molecule has 0 aromatic heterocycles. The van der Waals surface area contributed by atoms with E-state index in [1.165, 1.54) is 0 Å². The minimum atomic E-state index is -2.81. The van der Waals surface area contributed by atoms with Crippen molar-refractivity contribution in [3.8, 4) is 5.75 Å². The molecular weight excluding hydrogens is 278 g/mol. The summed E-state index contributed by atoms with van der Waals surface area (Å²) in [5.41, 5.74) is 6.91. The third kappa shape index (κ3) is 4.04. The highest BCUT2D eigenvalue weighted by molar-refractivity contribution is 5.80. The maximum absolute atomic E-state index is 12.1. The monoisotopic (exact) mass is 298 g/mol. The smallest absolute Gasteiger partial charge is 0.387 e. The Kier molecular flexibility index (Phi) is 4.95. The van der Waals surface area contributed by atoms with Gasteiger partial charge in [-0.1, -0.05) is 12.1 Å². The minimum Gasteiger partial charge on any atom is -0.435 e. The van der Waals surface area contributed by atoms with Gasteiger partial charge in [0, 0.05) is 13.1 Å². The summed E-state index contributed by atoms with van der Waals surface area (Å²) >= 11 is 0. The molecule has 1 heterocycles. The molecule has 1 aliphatic heterocycles. The topological polar surface area (TPSA) is 54.1 Å². The molecule has 7 heteroatoms. The first-order valence-electron chi connectivity index (χ1n) is 6.73. The Balaban J connectivity index is 2.06.